The second-order valence-corrected chi connectivity index (χ2v) is 6.28. The number of nitrogens with one attached hydrogen (secondary N) is 3. The van der Waals surface area contributed by atoms with Crippen LogP contribution in [0.15, 0.2) is 18.2 Å². The van der Waals surface area contributed by atoms with Crippen molar-refractivity contribution in [3.05, 3.63) is 28.8 Å². The summed E-state index contributed by atoms with van der Waals surface area (Å²) in [6, 6.07) is 5.01. The van der Waals surface area contributed by atoms with E-state index in [4.69, 9.17) is 38.0 Å². The number of amides is 2. The molecule has 0 atom stereocenters. The van der Waals surface area contributed by atoms with Crippen LogP contribution in [0.2, 0.25) is 5.02 Å². The largest absolute Gasteiger partial charge is 0.484 e. The minimum absolute atomic E-state index is 0.0983. The van der Waals surface area contributed by atoms with Crippen LogP contribution in [0.3, 0.4) is 0 Å². The van der Waals surface area contributed by atoms with Crippen molar-refractivity contribution in [3.63, 3.8) is 0 Å². The SMILES string of the molecule is COCCOC(=O)CCC(=O)NC(=S)NNC(=O)COc1ccc(Cl)c(C)c1. The molecule has 154 valence electrons. The number of halogens is 1. The van der Waals surface area contributed by atoms with Crippen LogP contribution >= 0.6 is 23.8 Å². The number of hydrazine groups is 1. The monoisotopic (exact) mass is 431 g/mol. The fourth-order valence-electron chi connectivity index (χ4n) is 1.77. The van der Waals surface area contributed by atoms with Crippen LogP contribution in [0.4, 0.5) is 0 Å². The van der Waals surface area contributed by atoms with Crippen molar-refractivity contribution in [2.24, 2.45) is 0 Å². The normalized spacial score (nSPS) is 9.96. The zero-order valence-corrected chi connectivity index (χ0v) is 17.1. The Morgan fingerprint density at radius 2 is 1.86 bits per heavy atom. The summed E-state index contributed by atoms with van der Waals surface area (Å²) >= 11 is 10.8. The lowest BCUT2D eigenvalue weighted by Gasteiger charge is -2.11. The molecule has 0 aliphatic heterocycles. The number of aryl methyl sites for hydroxylation is 1. The van der Waals surface area contributed by atoms with E-state index < -0.39 is 17.8 Å². The topological polar surface area (TPSA) is 115 Å². The zero-order chi connectivity index (χ0) is 20.9. The minimum atomic E-state index is -0.519. The summed E-state index contributed by atoms with van der Waals surface area (Å²) in [5.41, 5.74) is 5.47. The number of carbonyl (C=O) groups excluding carboxylic acids is 3. The molecule has 0 heterocycles. The molecule has 3 N–H and O–H groups in total. The molecule has 0 unspecified atom stereocenters. The number of hydrogen-bond donors (Lipinski definition) is 3. The van der Waals surface area contributed by atoms with Gasteiger partial charge in [0.2, 0.25) is 5.91 Å². The molecule has 11 heteroatoms. The highest BCUT2D eigenvalue weighted by molar-refractivity contribution is 7.80. The van der Waals surface area contributed by atoms with E-state index in [1.165, 1.54) is 7.11 Å². The molecular formula is C17H22ClN3O6S. The summed E-state index contributed by atoms with van der Waals surface area (Å²) < 4.78 is 14.9. The van der Waals surface area contributed by atoms with Crippen LogP contribution in [0, 0.1) is 6.92 Å². The van der Waals surface area contributed by atoms with Crippen LogP contribution in [-0.4, -0.2) is 49.8 Å². The van der Waals surface area contributed by atoms with Crippen molar-refractivity contribution < 1.29 is 28.6 Å². The Morgan fingerprint density at radius 3 is 2.54 bits per heavy atom. The van der Waals surface area contributed by atoms with Gasteiger partial charge in [0.05, 0.1) is 13.0 Å². The van der Waals surface area contributed by atoms with Gasteiger partial charge in [0.15, 0.2) is 11.7 Å². The Balaban J connectivity index is 2.20. The van der Waals surface area contributed by atoms with Gasteiger partial charge in [0.25, 0.3) is 5.91 Å². The van der Waals surface area contributed by atoms with E-state index >= 15 is 0 Å². The molecule has 0 aromatic heterocycles. The highest BCUT2D eigenvalue weighted by Crippen LogP contribution is 2.20. The molecule has 0 bridgehead atoms. The van der Waals surface area contributed by atoms with Crippen LogP contribution in [-0.2, 0) is 23.9 Å². The summed E-state index contributed by atoms with van der Waals surface area (Å²) in [7, 11) is 1.48. The highest BCUT2D eigenvalue weighted by Gasteiger charge is 2.10. The quantitative estimate of drug-likeness (QED) is 0.230. The van der Waals surface area contributed by atoms with Gasteiger partial charge in [-0.05, 0) is 42.9 Å². The number of rotatable bonds is 9. The van der Waals surface area contributed by atoms with Crippen molar-refractivity contribution in [3.8, 4) is 5.75 Å². The smallest absolute Gasteiger partial charge is 0.306 e. The predicted octanol–water partition coefficient (Wildman–Crippen LogP) is 1.02. The summed E-state index contributed by atoms with van der Waals surface area (Å²) in [6.45, 7) is 1.96. The molecule has 28 heavy (non-hydrogen) atoms. The van der Waals surface area contributed by atoms with Crippen molar-refractivity contribution in [2.75, 3.05) is 26.9 Å². The van der Waals surface area contributed by atoms with E-state index in [0.29, 0.717) is 10.8 Å². The first-order chi connectivity index (χ1) is 13.3. The fraction of sp³-hybridized carbons (Fsp3) is 0.412. The second kappa shape index (κ2) is 12.9. The van der Waals surface area contributed by atoms with Gasteiger partial charge < -0.3 is 19.5 Å². The van der Waals surface area contributed by atoms with Crippen molar-refractivity contribution in [1.29, 1.82) is 0 Å². The van der Waals surface area contributed by atoms with E-state index in [-0.39, 0.29) is 37.8 Å². The van der Waals surface area contributed by atoms with Gasteiger partial charge in [-0.25, -0.2) is 0 Å². The maximum absolute atomic E-state index is 11.7. The summed E-state index contributed by atoms with van der Waals surface area (Å²) in [4.78, 5) is 34.8. The third-order valence-corrected chi connectivity index (χ3v) is 3.80. The van der Waals surface area contributed by atoms with Crippen LogP contribution < -0.4 is 20.9 Å². The van der Waals surface area contributed by atoms with E-state index in [1.807, 2.05) is 6.92 Å². The average molecular weight is 432 g/mol. The Morgan fingerprint density at radius 1 is 1.11 bits per heavy atom. The lowest BCUT2D eigenvalue weighted by Crippen LogP contribution is -2.49. The molecule has 0 radical (unpaired) electrons. The number of esters is 1. The van der Waals surface area contributed by atoms with Crippen LogP contribution in [0.1, 0.15) is 18.4 Å². The first-order valence-electron chi connectivity index (χ1n) is 8.24. The maximum atomic E-state index is 11.7. The van der Waals surface area contributed by atoms with Gasteiger partial charge in [0, 0.05) is 18.6 Å². The Hall–Kier alpha value is -2.43. The van der Waals surface area contributed by atoms with E-state index in [1.54, 1.807) is 18.2 Å². The molecule has 9 nitrogen and oxygen atoms in total. The summed E-state index contributed by atoms with van der Waals surface area (Å²) in [6.07, 6.45) is -0.209. The summed E-state index contributed by atoms with van der Waals surface area (Å²) in [5.74, 6) is -1.03. The van der Waals surface area contributed by atoms with Crippen LogP contribution in [0.5, 0.6) is 5.75 Å². The molecule has 0 fully saturated rings. The number of benzene rings is 1. The number of methoxy groups -OCH3 is 1. The number of hydrogen-bond acceptors (Lipinski definition) is 7. The van der Waals surface area contributed by atoms with Gasteiger partial charge in [-0.3, -0.25) is 25.2 Å². The molecular weight excluding hydrogens is 410 g/mol. The minimum Gasteiger partial charge on any atom is -0.484 e. The number of thiocarbonyl (C=S) groups is 1. The number of ether oxygens (including phenoxy) is 3. The van der Waals surface area contributed by atoms with E-state index in [0.717, 1.165) is 5.56 Å². The second-order valence-electron chi connectivity index (χ2n) is 5.46. The molecule has 1 rings (SSSR count). The molecule has 0 aliphatic carbocycles. The Bertz CT molecular complexity index is 716. The average Bonchev–Trinajstić information content (AvgIpc) is 2.66. The van der Waals surface area contributed by atoms with Gasteiger partial charge in [0.1, 0.15) is 12.4 Å². The highest BCUT2D eigenvalue weighted by atomic mass is 35.5. The molecule has 0 spiro atoms. The van der Waals surface area contributed by atoms with E-state index in [9.17, 15) is 14.4 Å². The standard InChI is InChI=1S/C17H22ClN3O6S/c1-11-9-12(3-4-13(11)18)27-10-15(23)20-21-17(28)19-14(22)5-6-16(24)26-8-7-25-2/h3-4,9H,5-8,10H2,1-2H3,(H,20,23)(H2,19,21,22,28). The Labute approximate surface area is 173 Å². The molecule has 1 aromatic carbocycles. The Kier molecular flexibility index (Phi) is 10.8. The third kappa shape index (κ3) is 10.0. The van der Waals surface area contributed by atoms with Gasteiger partial charge in [-0.2, -0.15) is 0 Å². The van der Waals surface area contributed by atoms with Gasteiger partial charge >= 0.3 is 5.97 Å². The fourth-order valence-corrected chi connectivity index (χ4v) is 2.05. The van der Waals surface area contributed by atoms with E-state index in [2.05, 4.69) is 16.2 Å². The molecule has 0 saturated carbocycles. The van der Waals surface area contributed by atoms with Crippen LogP contribution in [0.25, 0.3) is 0 Å². The molecule has 0 aliphatic rings. The van der Waals surface area contributed by atoms with Crippen molar-refractivity contribution >= 4 is 46.7 Å². The third-order valence-electron chi connectivity index (χ3n) is 3.17. The summed E-state index contributed by atoms with van der Waals surface area (Å²) in [5, 5.41) is 2.81. The van der Waals surface area contributed by atoms with Crippen molar-refractivity contribution in [1.82, 2.24) is 16.2 Å². The first-order valence-corrected chi connectivity index (χ1v) is 9.02. The lowest BCUT2D eigenvalue weighted by molar-refractivity contribution is -0.146. The zero-order valence-electron chi connectivity index (χ0n) is 15.5. The number of carbonyl (C=O) groups is 3. The molecule has 0 saturated heterocycles. The van der Waals surface area contributed by atoms with Crippen molar-refractivity contribution in [2.45, 2.75) is 19.8 Å². The predicted molar refractivity (Wildman–Crippen MR) is 106 cm³/mol. The maximum Gasteiger partial charge on any atom is 0.306 e. The van der Waals surface area contributed by atoms with Gasteiger partial charge in [-0.15, -0.1) is 0 Å². The molecule has 2 amide bonds. The first kappa shape index (κ1) is 23.6. The molecule has 1 aromatic rings. The lowest BCUT2D eigenvalue weighted by atomic mass is 10.2. The van der Waals surface area contributed by atoms with Gasteiger partial charge in [-0.1, -0.05) is 11.6 Å².